The van der Waals surface area contributed by atoms with Gasteiger partial charge < -0.3 is 11.1 Å². The summed E-state index contributed by atoms with van der Waals surface area (Å²) in [5, 5.41) is 20.1. The van der Waals surface area contributed by atoms with Crippen molar-refractivity contribution in [2.45, 2.75) is 6.92 Å². The first-order chi connectivity index (χ1) is 15.6. The highest BCUT2D eigenvalue weighted by Crippen LogP contribution is 2.24. The predicted molar refractivity (Wildman–Crippen MR) is 124 cm³/mol. The van der Waals surface area contributed by atoms with E-state index in [1.54, 1.807) is 44.0 Å². The molecule has 156 valence electrons. The summed E-state index contributed by atoms with van der Waals surface area (Å²) >= 11 is 0. The molecule has 0 fully saturated rings. The molecule has 32 heavy (non-hydrogen) atoms. The molecule has 0 saturated heterocycles. The summed E-state index contributed by atoms with van der Waals surface area (Å²) in [6.45, 7) is 1.95. The van der Waals surface area contributed by atoms with Crippen molar-refractivity contribution in [2.24, 2.45) is 10.7 Å². The zero-order valence-corrected chi connectivity index (χ0v) is 17.5. The van der Waals surface area contributed by atoms with Gasteiger partial charge in [-0.2, -0.15) is 10.4 Å². The number of anilines is 2. The first kappa shape index (κ1) is 20.6. The molecule has 0 aromatic carbocycles. The molecule has 0 bridgehead atoms. The number of nitriles is 1. The predicted octanol–water partition coefficient (Wildman–Crippen LogP) is 3.27. The number of pyridine rings is 3. The minimum absolute atomic E-state index is 0.321. The van der Waals surface area contributed by atoms with E-state index in [1.165, 1.54) is 0 Å². The normalized spacial score (nSPS) is 11.9. The quantitative estimate of drug-likeness (QED) is 0.468. The molecule has 9 nitrogen and oxygen atoms in total. The monoisotopic (exact) mass is 421 g/mol. The standard InChI is InChI=1S/C23H19N9/c1-14-7-22(32-29-10-14)31-21-6-5-19-20(30-21)8-16(12-28-19)18(13-26-2)23(25)15-3-4-17(9-24)27-11-15/h3-8,10-13H,25H2,1-2H3,(H,30,31,32). The summed E-state index contributed by atoms with van der Waals surface area (Å²) in [7, 11) is 1.67. The summed E-state index contributed by atoms with van der Waals surface area (Å²) in [6, 6.07) is 12.9. The summed E-state index contributed by atoms with van der Waals surface area (Å²) in [5.41, 5.74) is 11.7. The van der Waals surface area contributed by atoms with Gasteiger partial charge in [-0.3, -0.25) is 9.98 Å². The Kier molecular flexibility index (Phi) is 5.76. The molecule has 0 spiro atoms. The fraction of sp³-hybridized carbons (Fsp3) is 0.0870. The van der Waals surface area contributed by atoms with Gasteiger partial charge in [-0.1, -0.05) is 0 Å². The topological polar surface area (TPSA) is 139 Å². The maximum atomic E-state index is 8.96. The van der Waals surface area contributed by atoms with E-state index >= 15 is 0 Å². The van der Waals surface area contributed by atoms with Crippen LogP contribution in [-0.4, -0.2) is 38.4 Å². The number of hydrogen-bond donors (Lipinski definition) is 2. The number of aryl methyl sites for hydroxylation is 1. The van der Waals surface area contributed by atoms with Crippen molar-refractivity contribution < 1.29 is 0 Å². The summed E-state index contributed by atoms with van der Waals surface area (Å²) in [4.78, 5) is 17.4. The number of allylic oxidation sites excluding steroid dienone is 1. The molecule has 0 radical (unpaired) electrons. The molecule has 0 amide bonds. The highest BCUT2D eigenvalue weighted by Gasteiger charge is 2.11. The molecule has 4 aromatic heterocycles. The van der Waals surface area contributed by atoms with E-state index in [0.29, 0.717) is 39.7 Å². The highest BCUT2D eigenvalue weighted by molar-refractivity contribution is 6.19. The molecule has 3 N–H and O–H groups in total. The van der Waals surface area contributed by atoms with Crippen LogP contribution in [0.15, 0.2) is 60.0 Å². The molecule has 0 unspecified atom stereocenters. The van der Waals surface area contributed by atoms with Crippen LogP contribution in [0.2, 0.25) is 0 Å². The number of rotatable bonds is 5. The van der Waals surface area contributed by atoms with Crippen LogP contribution in [0.25, 0.3) is 22.3 Å². The zero-order chi connectivity index (χ0) is 22.5. The van der Waals surface area contributed by atoms with Gasteiger partial charge in [-0.15, -0.1) is 5.10 Å². The van der Waals surface area contributed by atoms with E-state index in [0.717, 1.165) is 16.6 Å². The van der Waals surface area contributed by atoms with Crippen molar-refractivity contribution in [3.8, 4) is 6.07 Å². The van der Waals surface area contributed by atoms with Crippen LogP contribution >= 0.6 is 0 Å². The smallest absolute Gasteiger partial charge is 0.154 e. The Morgan fingerprint density at radius 2 is 1.88 bits per heavy atom. The molecule has 0 aliphatic heterocycles. The van der Waals surface area contributed by atoms with Crippen molar-refractivity contribution in [3.05, 3.63) is 77.4 Å². The van der Waals surface area contributed by atoms with Gasteiger partial charge in [0.25, 0.3) is 0 Å². The van der Waals surface area contributed by atoms with Crippen LogP contribution < -0.4 is 11.1 Å². The van der Waals surface area contributed by atoms with Gasteiger partial charge in [0.2, 0.25) is 0 Å². The number of nitrogens with zero attached hydrogens (tertiary/aromatic N) is 7. The van der Waals surface area contributed by atoms with E-state index in [9.17, 15) is 0 Å². The van der Waals surface area contributed by atoms with E-state index in [4.69, 9.17) is 11.0 Å². The van der Waals surface area contributed by atoms with Crippen LogP contribution in [0.5, 0.6) is 0 Å². The summed E-state index contributed by atoms with van der Waals surface area (Å²) in [6.07, 6.45) is 6.64. The second-order valence-electron chi connectivity index (χ2n) is 6.96. The Labute approximate surface area is 184 Å². The fourth-order valence-corrected chi connectivity index (χ4v) is 3.08. The number of hydrogen-bond acceptors (Lipinski definition) is 9. The second-order valence-corrected chi connectivity index (χ2v) is 6.96. The van der Waals surface area contributed by atoms with E-state index in [2.05, 4.69) is 35.5 Å². The number of aromatic nitrogens is 5. The Hall–Kier alpha value is -4.71. The number of fused-ring (bicyclic) bond motifs is 1. The van der Waals surface area contributed by atoms with Crippen LogP contribution in [0.4, 0.5) is 11.6 Å². The molecule has 0 aliphatic rings. The van der Waals surface area contributed by atoms with Crippen LogP contribution in [0, 0.1) is 18.3 Å². The van der Waals surface area contributed by atoms with Gasteiger partial charge in [0, 0.05) is 48.1 Å². The lowest BCUT2D eigenvalue weighted by Gasteiger charge is -2.10. The number of nitrogens with one attached hydrogen (secondary N) is 1. The van der Waals surface area contributed by atoms with Crippen molar-refractivity contribution in [2.75, 3.05) is 12.4 Å². The second kappa shape index (κ2) is 8.97. The molecule has 9 heteroatoms. The highest BCUT2D eigenvalue weighted by atomic mass is 15.2. The fourth-order valence-electron chi connectivity index (χ4n) is 3.08. The summed E-state index contributed by atoms with van der Waals surface area (Å²) < 4.78 is 0. The van der Waals surface area contributed by atoms with Crippen molar-refractivity contribution in [3.63, 3.8) is 0 Å². The summed E-state index contributed by atoms with van der Waals surface area (Å²) in [5.74, 6) is 1.23. The molecular formula is C23H19N9. The molecular weight excluding hydrogens is 402 g/mol. The average molecular weight is 421 g/mol. The van der Waals surface area contributed by atoms with Gasteiger partial charge in [0.1, 0.15) is 17.6 Å². The largest absolute Gasteiger partial charge is 0.398 e. The average Bonchev–Trinajstić information content (AvgIpc) is 2.82. The molecule has 0 saturated carbocycles. The lowest BCUT2D eigenvalue weighted by atomic mass is 10.0. The Morgan fingerprint density at radius 1 is 1.03 bits per heavy atom. The third-order valence-electron chi connectivity index (χ3n) is 4.63. The van der Waals surface area contributed by atoms with E-state index < -0.39 is 0 Å². The van der Waals surface area contributed by atoms with Gasteiger partial charge in [-0.05, 0) is 48.9 Å². The SMILES string of the molecule is CN=CC(=C(N)c1ccc(C#N)nc1)c1cnc2ccc(Nc3cc(C)cnn3)nc2c1. The van der Waals surface area contributed by atoms with Gasteiger partial charge >= 0.3 is 0 Å². The van der Waals surface area contributed by atoms with Crippen molar-refractivity contribution in [1.29, 1.82) is 5.26 Å². The van der Waals surface area contributed by atoms with Gasteiger partial charge in [0.05, 0.1) is 17.2 Å². The molecule has 4 rings (SSSR count). The van der Waals surface area contributed by atoms with Crippen molar-refractivity contribution >= 4 is 40.2 Å². The Bertz CT molecular complexity index is 1380. The number of aliphatic imine (C=N–C) groups is 1. The van der Waals surface area contributed by atoms with Gasteiger partial charge in [0.15, 0.2) is 5.82 Å². The first-order valence-corrected chi connectivity index (χ1v) is 9.69. The maximum Gasteiger partial charge on any atom is 0.154 e. The van der Waals surface area contributed by atoms with E-state index in [-0.39, 0.29) is 0 Å². The lowest BCUT2D eigenvalue weighted by Crippen LogP contribution is -2.04. The Balaban J connectivity index is 1.74. The van der Waals surface area contributed by atoms with Crippen molar-refractivity contribution in [1.82, 2.24) is 25.1 Å². The third kappa shape index (κ3) is 4.39. The first-order valence-electron chi connectivity index (χ1n) is 9.69. The molecule has 0 aliphatic carbocycles. The van der Waals surface area contributed by atoms with Crippen LogP contribution in [-0.2, 0) is 0 Å². The van der Waals surface area contributed by atoms with Crippen LogP contribution in [0.3, 0.4) is 0 Å². The number of nitrogens with two attached hydrogens (primary N) is 1. The molecule has 0 atom stereocenters. The molecule has 4 heterocycles. The minimum atomic E-state index is 0.321. The Morgan fingerprint density at radius 3 is 2.59 bits per heavy atom. The maximum absolute atomic E-state index is 8.96. The van der Waals surface area contributed by atoms with Gasteiger partial charge in [-0.25, -0.2) is 9.97 Å². The van der Waals surface area contributed by atoms with Crippen LogP contribution in [0.1, 0.15) is 22.4 Å². The molecule has 4 aromatic rings. The minimum Gasteiger partial charge on any atom is -0.398 e. The van der Waals surface area contributed by atoms with E-state index in [1.807, 2.05) is 37.3 Å². The third-order valence-corrected chi connectivity index (χ3v) is 4.63. The lowest BCUT2D eigenvalue weighted by molar-refractivity contribution is 1.02. The zero-order valence-electron chi connectivity index (χ0n) is 17.5.